The molecule has 27 heavy (non-hydrogen) atoms. The SMILES string of the molecule is CCCCCS(=O)(=O)N1CCN(Cc2nc3c(F)cccc3n2CC)CC1. The summed E-state index contributed by atoms with van der Waals surface area (Å²) in [6.45, 7) is 7.78. The first-order valence-corrected chi connectivity index (χ1v) is 11.4. The number of halogens is 1. The van der Waals surface area contributed by atoms with Crippen LogP contribution in [0.4, 0.5) is 4.39 Å². The number of benzene rings is 1. The second-order valence-electron chi connectivity index (χ2n) is 7.08. The van der Waals surface area contributed by atoms with Gasteiger partial charge in [0.1, 0.15) is 11.3 Å². The number of unbranched alkanes of at least 4 members (excludes halogenated alkanes) is 2. The molecular weight excluding hydrogens is 367 g/mol. The average molecular weight is 397 g/mol. The van der Waals surface area contributed by atoms with Crippen LogP contribution in [-0.2, 0) is 23.1 Å². The van der Waals surface area contributed by atoms with Crippen molar-refractivity contribution in [3.05, 3.63) is 29.8 Å². The Bertz CT molecular complexity index is 873. The fraction of sp³-hybridized carbons (Fsp3) is 0.632. The Hall–Kier alpha value is -1.51. The van der Waals surface area contributed by atoms with Gasteiger partial charge in [0, 0.05) is 32.7 Å². The molecule has 1 saturated heterocycles. The third kappa shape index (κ3) is 4.50. The number of rotatable bonds is 8. The molecule has 0 unspecified atom stereocenters. The summed E-state index contributed by atoms with van der Waals surface area (Å²) in [5, 5.41) is 0. The zero-order chi connectivity index (χ0) is 19.4. The lowest BCUT2D eigenvalue weighted by molar-refractivity contribution is 0.176. The Balaban J connectivity index is 1.64. The van der Waals surface area contributed by atoms with Crippen LogP contribution in [0.2, 0.25) is 0 Å². The fourth-order valence-electron chi connectivity index (χ4n) is 3.66. The average Bonchev–Trinajstić information content (AvgIpc) is 3.01. The van der Waals surface area contributed by atoms with Gasteiger partial charge in [0.15, 0.2) is 5.82 Å². The maximum absolute atomic E-state index is 14.0. The van der Waals surface area contributed by atoms with Crippen molar-refractivity contribution in [2.75, 3.05) is 31.9 Å². The molecule has 1 aliphatic heterocycles. The summed E-state index contributed by atoms with van der Waals surface area (Å²) in [5.74, 6) is 0.770. The van der Waals surface area contributed by atoms with Crippen molar-refractivity contribution in [1.82, 2.24) is 18.8 Å². The van der Waals surface area contributed by atoms with Crippen molar-refractivity contribution >= 4 is 21.1 Å². The van der Waals surface area contributed by atoms with E-state index in [9.17, 15) is 12.8 Å². The van der Waals surface area contributed by atoms with Gasteiger partial charge in [0.05, 0.1) is 17.8 Å². The number of para-hydroxylation sites is 1. The van der Waals surface area contributed by atoms with Gasteiger partial charge in [-0.05, 0) is 25.5 Å². The molecule has 1 aliphatic rings. The number of imidazole rings is 1. The number of piperazine rings is 1. The Morgan fingerprint density at radius 2 is 1.85 bits per heavy atom. The van der Waals surface area contributed by atoms with Crippen LogP contribution >= 0.6 is 0 Å². The highest BCUT2D eigenvalue weighted by Crippen LogP contribution is 2.21. The summed E-state index contributed by atoms with van der Waals surface area (Å²) in [4.78, 5) is 6.71. The molecule has 1 aromatic carbocycles. The molecule has 3 rings (SSSR count). The molecule has 0 radical (unpaired) electrons. The number of sulfonamides is 1. The van der Waals surface area contributed by atoms with E-state index in [1.54, 1.807) is 10.4 Å². The predicted molar refractivity (Wildman–Crippen MR) is 106 cm³/mol. The molecule has 1 aromatic heterocycles. The van der Waals surface area contributed by atoms with Crippen molar-refractivity contribution < 1.29 is 12.8 Å². The maximum atomic E-state index is 14.0. The van der Waals surface area contributed by atoms with Crippen molar-refractivity contribution in [2.45, 2.75) is 46.2 Å². The summed E-state index contributed by atoms with van der Waals surface area (Å²) in [5.41, 5.74) is 1.22. The number of nitrogens with zero attached hydrogens (tertiary/aromatic N) is 4. The van der Waals surface area contributed by atoms with Crippen molar-refractivity contribution in [1.29, 1.82) is 0 Å². The Labute approximate surface area is 161 Å². The summed E-state index contributed by atoms with van der Waals surface area (Å²) >= 11 is 0. The Morgan fingerprint density at radius 3 is 2.52 bits per heavy atom. The molecular formula is C19H29FN4O2S. The topological polar surface area (TPSA) is 58.4 Å². The minimum atomic E-state index is -3.15. The van der Waals surface area contributed by atoms with E-state index in [4.69, 9.17) is 0 Å². The molecule has 150 valence electrons. The van der Waals surface area contributed by atoms with Gasteiger partial charge in [-0.1, -0.05) is 25.8 Å². The molecule has 0 aliphatic carbocycles. The van der Waals surface area contributed by atoms with Crippen LogP contribution in [0, 0.1) is 5.82 Å². The van der Waals surface area contributed by atoms with E-state index in [1.807, 2.05) is 17.6 Å². The van der Waals surface area contributed by atoms with Gasteiger partial charge in [-0.2, -0.15) is 4.31 Å². The highest BCUT2D eigenvalue weighted by atomic mass is 32.2. The highest BCUT2D eigenvalue weighted by molar-refractivity contribution is 7.89. The van der Waals surface area contributed by atoms with Crippen LogP contribution in [0.3, 0.4) is 0 Å². The first-order valence-electron chi connectivity index (χ1n) is 9.80. The van der Waals surface area contributed by atoms with Crippen LogP contribution in [0.5, 0.6) is 0 Å². The van der Waals surface area contributed by atoms with Crippen LogP contribution in [0.15, 0.2) is 18.2 Å². The predicted octanol–water partition coefficient (Wildman–Crippen LogP) is 2.83. The third-order valence-corrected chi connectivity index (χ3v) is 7.18. The molecule has 0 amide bonds. The lowest BCUT2D eigenvalue weighted by Crippen LogP contribution is -2.49. The van der Waals surface area contributed by atoms with Gasteiger partial charge in [-0.15, -0.1) is 0 Å². The Kier molecular flexibility index (Phi) is 6.49. The first kappa shape index (κ1) is 20.2. The molecule has 0 N–H and O–H groups in total. The highest BCUT2D eigenvalue weighted by Gasteiger charge is 2.27. The minimum absolute atomic E-state index is 0.242. The number of aromatic nitrogens is 2. The van der Waals surface area contributed by atoms with Crippen molar-refractivity contribution in [2.24, 2.45) is 0 Å². The number of fused-ring (bicyclic) bond motifs is 1. The molecule has 0 atom stereocenters. The van der Waals surface area contributed by atoms with Crippen LogP contribution in [0.1, 0.15) is 38.9 Å². The fourth-order valence-corrected chi connectivity index (χ4v) is 5.21. The molecule has 0 bridgehead atoms. The van der Waals surface area contributed by atoms with Gasteiger partial charge in [0.2, 0.25) is 10.0 Å². The van der Waals surface area contributed by atoms with Crippen molar-refractivity contribution in [3.63, 3.8) is 0 Å². The Morgan fingerprint density at radius 1 is 1.11 bits per heavy atom. The van der Waals surface area contributed by atoms with Gasteiger partial charge in [0.25, 0.3) is 0 Å². The van der Waals surface area contributed by atoms with Gasteiger partial charge in [-0.3, -0.25) is 4.90 Å². The smallest absolute Gasteiger partial charge is 0.214 e. The van der Waals surface area contributed by atoms with Gasteiger partial charge in [-0.25, -0.2) is 17.8 Å². The molecule has 1 fully saturated rings. The maximum Gasteiger partial charge on any atom is 0.214 e. The second kappa shape index (κ2) is 8.67. The molecule has 6 nitrogen and oxygen atoms in total. The minimum Gasteiger partial charge on any atom is -0.327 e. The van der Waals surface area contributed by atoms with Gasteiger partial charge >= 0.3 is 0 Å². The summed E-state index contributed by atoms with van der Waals surface area (Å²) in [7, 11) is -3.15. The van der Waals surface area contributed by atoms with Crippen molar-refractivity contribution in [3.8, 4) is 0 Å². The summed E-state index contributed by atoms with van der Waals surface area (Å²) < 4.78 is 42.5. The lowest BCUT2D eigenvalue weighted by atomic mass is 10.3. The summed E-state index contributed by atoms with van der Waals surface area (Å²) in [6.07, 6.45) is 2.69. The van der Waals surface area contributed by atoms with E-state index < -0.39 is 10.0 Å². The van der Waals surface area contributed by atoms with Crippen LogP contribution < -0.4 is 0 Å². The van der Waals surface area contributed by atoms with E-state index >= 15 is 0 Å². The standard InChI is InChI=1S/C19H29FN4O2S/c1-3-5-6-14-27(25,26)23-12-10-22(11-13-23)15-18-21-19-16(20)8-7-9-17(19)24(18)4-2/h7-9H,3-6,10-15H2,1-2H3. The van der Waals surface area contributed by atoms with E-state index in [0.29, 0.717) is 38.2 Å². The molecule has 0 saturated carbocycles. The van der Waals surface area contributed by atoms with Crippen LogP contribution in [0.25, 0.3) is 11.0 Å². The lowest BCUT2D eigenvalue weighted by Gasteiger charge is -2.33. The quantitative estimate of drug-likeness (QED) is 0.644. The molecule has 8 heteroatoms. The van der Waals surface area contributed by atoms with E-state index in [1.165, 1.54) is 6.07 Å². The van der Waals surface area contributed by atoms with Gasteiger partial charge < -0.3 is 4.57 Å². The normalized spacial score (nSPS) is 17.0. The number of hydrogen-bond donors (Lipinski definition) is 0. The molecule has 0 spiro atoms. The summed E-state index contributed by atoms with van der Waals surface area (Å²) in [6, 6.07) is 5.03. The zero-order valence-electron chi connectivity index (χ0n) is 16.2. The first-order chi connectivity index (χ1) is 13.0. The number of aryl methyl sites for hydroxylation is 1. The van der Waals surface area contributed by atoms with E-state index in [0.717, 1.165) is 37.1 Å². The third-order valence-electron chi connectivity index (χ3n) is 5.22. The molecule has 2 heterocycles. The van der Waals surface area contributed by atoms with E-state index in [-0.39, 0.29) is 11.6 Å². The second-order valence-corrected chi connectivity index (χ2v) is 9.17. The zero-order valence-corrected chi connectivity index (χ0v) is 17.0. The van der Waals surface area contributed by atoms with E-state index in [2.05, 4.69) is 16.8 Å². The molecule has 2 aromatic rings. The largest absolute Gasteiger partial charge is 0.327 e. The monoisotopic (exact) mass is 396 g/mol. The van der Waals surface area contributed by atoms with Crippen LogP contribution in [-0.4, -0.2) is 59.1 Å². The number of hydrogen-bond acceptors (Lipinski definition) is 4.